The molecule has 0 atom stereocenters. The third-order valence-corrected chi connectivity index (χ3v) is 3.66. The number of fused-ring (bicyclic) bond motifs is 1. The molecule has 3 aromatic heterocycles. The summed E-state index contributed by atoms with van der Waals surface area (Å²) >= 11 is 6.11. The topological polar surface area (TPSA) is 72.4 Å². The first-order valence-corrected chi connectivity index (χ1v) is 6.31. The van der Waals surface area contributed by atoms with Crippen molar-refractivity contribution in [3.63, 3.8) is 0 Å². The van der Waals surface area contributed by atoms with E-state index in [9.17, 15) is 9.90 Å². The first kappa shape index (κ1) is 12.7. The maximum Gasteiger partial charge on any atom is 0.356 e. The Morgan fingerprint density at radius 1 is 1.35 bits per heavy atom. The molecule has 6 nitrogen and oxygen atoms in total. The molecule has 0 saturated carbocycles. The lowest BCUT2D eigenvalue weighted by atomic mass is 10.4. The maximum absolute atomic E-state index is 11.5. The van der Waals surface area contributed by atoms with E-state index in [1.165, 1.54) is 9.08 Å². The molecule has 0 unspecified atom stereocenters. The second-order valence-electron chi connectivity index (χ2n) is 4.41. The van der Waals surface area contributed by atoms with Gasteiger partial charge in [-0.05, 0) is 26.0 Å². The molecule has 0 aliphatic carbocycles. The minimum absolute atomic E-state index is 0.0582. The molecule has 3 aromatic rings. The van der Waals surface area contributed by atoms with E-state index in [0.29, 0.717) is 22.1 Å². The molecule has 20 heavy (non-hydrogen) atoms. The van der Waals surface area contributed by atoms with Gasteiger partial charge in [0.2, 0.25) is 0 Å². The van der Waals surface area contributed by atoms with Crippen LogP contribution in [0, 0.1) is 13.8 Å². The summed E-state index contributed by atoms with van der Waals surface area (Å²) in [6.07, 6.45) is 1.66. The van der Waals surface area contributed by atoms with Crippen LogP contribution < -0.4 is 0 Å². The number of carboxylic acids is 1. The molecule has 0 radical (unpaired) electrons. The van der Waals surface area contributed by atoms with Gasteiger partial charge in [-0.15, -0.1) is 0 Å². The van der Waals surface area contributed by atoms with Gasteiger partial charge in [0.05, 0.1) is 16.4 Å². The van der Waals surface area contributed by atoms with Crippen LogP contribution >= 0.6 is 11.6 Å². The number of hydrogen-bond acceptors (Lipinski definition) is 3. The fourth-order valence-corrected chi connectivity index (χ4v) is 2.28. The van der Waals surface area contributed by atoms with Crippen molar-refractivity contribution < 1.29 is 9.90 Å². The Hall–Kier alpha value is -2.34. The van der Waals surface area contributed by atoms with E-state index in [4.69, 9.17) is 11.6 Å². The predicted molar refractivity (Wildman–Crippen MR) is 73.8 cm³/mol. The Labute approximate surface area is 119 Å². The van der Waals surface area contributed by atoms with Gasteiger partial charge >= 0.3 is 5.97 Å². The lowest BCUT2D eigenvalue weighted by Gasteiger charge is -2.02. The molecule has 3 rings (SSSR count). The molecule has 0 spiro atoms. The number of aryl methyl sites for hydroxylation is 1. The molecule has 7 heteroatoms. The SMILES string of the molecule is Cc1nn(-c2nc3ccccn3c2C(=O)O)c(C)c1Cl. The summed E-state index contributed by atoms with van der Waals surface area (Å²) in [6, 6.07) is 5.29. The number of nitrogens with zero attached hydrogens (tertiary/aromatic N) is 4. The molecule has 0 aliphatic rings. The van der Waals surface area contributed by atoms with Crippen LogP contribution in [0.1, 0.15) is 21.9 Å². The zero-order valence-electron chi connectivity index (χ0n) is 10.8. The Bertz CT molecular complexity index is 834. The average molecular weight is 291 g/mol. The van der Waals surface area contributed by atoms with Crippen LogP contribution in [-0.4, -0.2) is 30.2 Å². The molecule has 102 valence electrons. The highest BCUT2D eigenvalue weighted by Crippen LogP contribution is 2.24. The minimum Gasteiger partial charge on any atom is -0.476 e. The molecule has 3 heterocycles. The maximum atomic E-state index is 11.5. The predicted octanol–water partition coefficient (Wildman–Crippen LogP) is 2.49. The highest BCUT2D eigenvalue weighted by Gasteiger charge is 2.23. The lowest BCUT2D eigenvalue weighted by molar-refractivity contribution is 0.0689. The average Bonchev–Trinajstić information content (AvgIpc) is 2.92. The monoisotopic (exact) mass is 290 g/mol. The number of aromatic nitrogens is 4. The third kappa shape index (κ3) is 1.69. The molecule has 0 bridgehead atoms. The Balaban J connectivity index is 2.38. The van der Waals surface area contributed by atoms with Gasteiger partial charge in [-0.3, -0.25) is 4.40 Å². The molecule has 0 aliphatic heterocycles. The van der Waals surface area contributed by atoms with Crippen molar-refractivity contribution in [2.45, 2.75) is 13.8 Å². The van der Waals surface area contributed by atoms with Crippen LogP contribution in [0.2, 0.25) is 5.02 Å². The highest BCUT2D eigenvalue weighted by atomic mass is 35.5. The third-order valence-electron chi connectivity index (χ3n) is 3.12. The van der Waals surface area contributed by atoms with Crippen molar-refractivity contribution in [3.05, 3.63) is 46.5 Å². The number of halogens is 1. The molecule has 0 saturated heterocycles. The summed E-state index contributed by atoms with van der Waals surface area (Å²) in [7, 11) is 0. The summed E-state index contributed by atoms with van der Waals surface area (Å²) in [5.41, 5.74) is 1.90. The van der Waals surface area contributed by atoms with Gasteiger partial charge in [0.1, 0.15) is 5.65 Å². The van der Waals surface area contributed by atoms with Crippen LogP contribution in [0.25, 0.3) is 11.5 Å². The Morgan fingerprint density at radius 3 is 2.70 bits per heavy atom. The van der Waals surface area contributed by atoms with Crippen LogP contribution in [0.5, 0.6) is 0 Å². The molecule has 0 aromatic carbocycles. The second-order valence-corrected chi connectivity index (χ2v) is 4.79. The number of hydrogen-bond donors (Lipinski definition) is 1. The molecule has 0 amide bonds. The van der Waals surface area contributed by atoms with Crippen molar-refractivity contribution >= 4 is 23.2 Å². The van der Waals surface area contributed by atoms with Crippen LogP contribution in [0.4, 0.5) is 0 Å². The van der Waals surface area contributed by atoms with E-state index in [1.807, 2.05) is 0 Å². The minimum atomic E-state index is -1.07. The van der Waals surface area contributed by atoms with Gasteiger partial charge in [0.15, 0.2) is 11.5 Å². The van der Waals surface area contributed by atoms with Gasteiger partial charge in [0.25, 0.3) is 0 Å². The number of imidazole rings is 1. The van der Waals surface area contributed by atoms with Gasteiger partial charge < -0.3 is 5.11 Å². The van der Waals surface area contributed by atoms with Crippen molar-refractivity contribution in [3.8, 4) is 5.82 Å². The van der Waals surface area contributed by atoms with Gasteiger partial charge in [-0.2, -0.15) is 5.10 Å². The van der Waals surface area contributed by atoms with Crippen molar-refractivity contribution in [1.82, 2.24) is 19.2 Å². The van der Waals surface area contributed by atoms with Gasteiger partial charge in [0, 0.05) is 6.20 Å². The summed E-state index contributed by atoms with van der Waals surface area (Å²) < 4.78 is 2.98. The molecule has 0 fully saturated rings. The summed E-state index contributed by atoms with van der Waals surface area (Å²) in [5, 5.41) is 14.2. The van der Waals surface area contributed by atoms with Crippen molar-refractivity contribution in [1.29, 1.82) is 0 Å². The number of aromatic carboxylic acids is 1. The van der Waals surface area contributed by atoms with Crippen molar-refractivity contribution in [2.24, 2.45) is 0 Å². The zero-order chi connectivity index (χ0) is 14.4. The standard InChI is InChI=1S/C13H11ClN4O2/c1-7-10(14)8(2)18(16-7)12-11(13(19)20)17-6-4-3-5-9(17)15-12/h3-6H,1-2H3,(H,19,20). The Kier molecular flexibility index (Phi) is 2.76. The fraction of sp³-hybridized carbons (Fsp3) is 0.154. The first-order chi connectivity index (χ1) is 9.50. The second kappa shape index (κ2) is 4.35. The van der Waals surface area contributed by atoms with E-state index in [-0.39, 0.29) is 11.5 Å². The van der Waals surface area contributed by atoms with E-state index < -0.39 is 5.97 Å². The van der Waals surface area contributed by atoms with Crippen LogP contribution in [-0.2, 0) is 0 Å². The summed E-state index contributed by atoms with van der Waals surface area (Å²) in [6.45, 7) is 3.54. The summed E-state index contributed by atoms with van der Waals surface area (Å²) in [5.74, 6) is -0.807. The Morgan fingerprint density at radius 2 is 2.10 bits per heavy atom. The van der Waals surface area contributed by atoms with Gasteiger partial charge in [-0.25, -0.2) is 14.5 Å². The number of carboxylic acid groups (broad SMARTS) is 1. The van der Waals surface area contributed by atoms with E-state index in [1.54, 1.807) is 38.2 Å². The number of carbonyl (C=O) groups is 1. The smallest absolute Gasteiger partial charge is 0.356 e. The molecular formula is C13H11ClN4O2. The van der Waals surface area contributed by atoms with E-state index in [2.05, 4.69) is 10.1 Å². The number of rotatable bonds is 2. The normalized spacial score (nSPS) is 11.2. The van der Waals surface area contributed by atoms with Crippen LogP contribution in [0.3, 0.4) is 0 Å². The van der Waals surface area contributed by atoms with Crippen molar-refractivity contribution in [2.75, 3.05) is 0 Å². The fourth-order valence-electron chi connectivity index (χ4n) is 2.16. The molecular weight excluding hydrogens is 280 g/mol. The van der Waals surface area contributed by atoms with Gasteiger partial charge in [-0.1, -0.05) is 17.7 Å². The van der Waals surface area contributed by atoms with E-state index in [0.717, 1.165) is 0 Å². The van der Waals surface area contributed by atoms with E-state index >= 15 is 0 Å². The quantitative estimate of drug-likeness (QED) is 0.787. The largest absolute Gasteiger partial charge is 0.476 e. The lowest BCUT2D eigenvalue weighted by Crippen LogP contribution is -2.09. The first-order valence-electron chi connectivity index (χ1n) is 5.93. The summed E-state index contributed by atoms with van der Waals surface area (Å²) in [4.78, 5) is 15.9. The molecule has 1 N–H and O–H groups in total. The zero-order valence-corrected chi connectivity index (χ0v) is 11.6. The number of pyridine rings is 1. The highest BCUT2D eigenvalue weighted by molar-refractivity contribution is 6.31. The van der Waals surface area contributed by atoms with Crippen LogP contribution in [0.15, 0.2) is 24.4 Å².